The number of hydrogen-bond acceptors (Lipinski definition) is 5. The number of nitrogens with zero attached hydrogens (tertiary/aromatic N) is 4. The maximum absolute atomic E-state index is 12.6. The Labute approximate surface area is 153 Å². The maximum atomic E-state index is 12.6. The summed E-state index contributed by atoms with van der Waals surface area (Å²) in [5.41, 5.74) is 4.27. The van der Waals surface area contributed by atoms with Crippen LogP contribution in [0.2, 0.25) is 0 Å². The highest BCUT2D eigenvalue weighted by Crippen LogP contribution is 2.23. The quantitative estimate of drug-likeness (QED) is 0.494. The normalized spacial score (nSPS) is 11.3. The minimum absolute atomic E-state index is 0.0684. The molecule has 0 amide bonds. The maximum Gasteiger partial charge on any atom is 0.261 e. The highest BCUT2D eigenvalue weighted by atomic mass is 16.3. The summed E-state index contributed by atoms with van der Waals surface area (Å²) in [7, 11) is 0. The van der Waals surface area contributed by atoms with Crippen molar-refractivity contribution in [3.63, 3.8) is 0 Å². The molecule has 0 radical (unpaired) electrons. The van der Waals surface area contributed by atoms with Crippen LogP contribution in [0, 0.1) is 0 Å². The molecular formula is C21H14N4O2. The van der Waals surface area contributed by atoms with Gasteiger partial charge in [0.2, 0.25) is 5.71 Å². The molecule has 0 saturated heterocycles. The molecule has 0 N–H and O–H groups in total. The van der Waals surface area contributed by atoms with Gasteiger partial charge in [-0.05, 0) is 29.3 Å². The Morgan fingerprint density at radius 1 is 0.963 bits per heavy atom. The van der Waals surface area contributed by atoms with Crippen molar-refractivity contribution in [1.82, 2.24) is 19.5 Å². The van der Waals surface area contributed by atoms with Crippen LogP contribution in [-0.2, 0) is 6.54 Å². The van der Waals surface area contributed by atoms with E-state index in [1.807, 2.05) is 36.4 Å². The van der Waals surface area contributed by atoms with Crippen LogP contribution in [0.4, 0.5) is 0 Å². The highest BCUT2D eigenvalue weighted by molar-refractivity contribution is 5.79. The largest absolute Gasteiger partial charge is 0.446 e. The average Bonchev–Trinajstić information content (AvgIpc) is 3.19. The molecule has 5 aromatic rings. The van der Waals surface area contributed by atoms with E-state index >= 15 is 0 Å². The lowest BCUT2D eigenvalue weighted by atomic mass is 10.0. The van der Waals surface area contributed by atoms with Gasteiger partial charge < -0.3 is 4.42 Å². The molecule has 6 nitrogen and oxygen atoms in total. The van der Waals surface area contributed by atoms with Crippen LogP contribution >= 0.6 is 0 Å². The molecule has 0 bridgehead atoms. The fraction of sp³-hybridized carbons (Fsp3) is 0.0476. The van der Waals surface area contributed by atoms with Gasteiger partial charge in [-0.25, -0.2) is 9.97 Å². The second kappa shape index (κ2) is 6.17. The molecule has 0 aliphatic rings. The Balaban J connectivity index is 1.45. The predicted molar refractivity (Wildman–Crippen MR) is 102 cm³/mol. The molecule has 4 heterocycles. The summed E-state index contributed by atoms with van der Waals surface area (Å²) in [6.07, 6.45) is 8.20. The van der Waals surface area contributed by atoms with Gasteiger partial charge in [0.1, 0.15) is 0 Å². The first kappa shape index (κ1) is 15.5. The lowest BCUT2D eigenvalue weighted by Crippen LogP contribution is -2.21. The molecule has 0 unspecified atom stereocenters. The number of fused-ring (bicyclic) bond motifs is 2. The van der Waals surface area contributed by atoms with Gasteiger partial charge in [-0.2, -0.15) is 0 Å². The first-order valence-corrected chi connectivity index (χ1v) is 8.50. The smallest absolute Gasteiger partial charge is 0.261 e. The predicted octanol–water partition coefficient (Wildman–Crippen LogP) is 3.65. The molecule has 0 aliphatic carbocycles. The molecule has 4 aromatic heterocycles. The van der Waals surface area contributed by atoms with Crippen molar-refractivity contribution < 1.29 is 4.42 Å². The van der Waals surface area contributed by atoms with Crippen LogP contribution in [0.15, 0.2) is 82.9 Å². The summed E-state index contributed by atoms with van der Waals surface area (Å²) < 4.78 is 6.89. The van der Waals surface area contributed by atoms with Gasteiger partial charge >= 0.3 is 0 Å². The van der Waals surface area contributed by atoms with E-state index in [0.717, 1.165) is 22.1 Å². The lowest BCUT2D eigenvalue weighted by molar-refractivity contribution is 0.603. The van der Waals surface area contributed by atoms with Gasteiger partial charge in [0.25, 0.3) is 5.56 Å². The Morgan fingerprint density at radius 2 is 1.85 bits per heavy atom. The van der Waals surface area contributed by atoms with Crippen molar-refractivity contribution in [3.05, 3.63) is 89.6 Å². The van der Waals surface area contributed by atoms with E-state index in [1.165, 1.54) is 0 Å². The molecule has 0 aliphatic heterocycles. The lowest BCUT2D eigenvalue weighted by Gasteiger charge is -2.08. The van der Waals surface area contributed by atoms with Crippen molar-refractivity contribution in [1.29, 1.82) is 0 Å². The van der Waals surface area contributed by atoms with Gasteiger partial charge in [-0.1, -0.05) is 24.3 Å². The molecule has 6 heteroatoms. The monoisotopic (exact) mass is 354 g/mol. The zero-order valence-corrected chi connectivity index (χ0v) is 14.2. The van der Waals surface area contributed by atoms with Gasteiger partial charge in [-0.15, -0.1) is 0 Å². The van der Waals surface area contributed by atoms with E-state index in [0.29, 0.717) is 23.2 Å². The summed E-state index contributed by atoms with van der Waals surface area (Å²) in [4.78, 5) is 25.2. The van der Waals surface area contributed by atoms with Crippen molar-refractivity contribution in [2.75, 3.05) is 0 Å². The van der Waals surface area contributed by atoms with Gasteiger partial charge in [0.15, 0.2) is 0 Å². The topological polar surface area (TPSA) is 73.8 Å². The number of benzene rings is 1. The van der Waals surface area contributed by atoms with Crippen molar-refractivity contribution in [2.45, 2.75) is 6.54 Å². The van der Waals surface area contributed by atoms with E-state index in [2.05, 4.69) is 15.0 Å². The van der Waals surface area contributed by atoms with Crippen molar-refractivity contribution in [3.8, 4) is 11.1 Å². The van der Waals surface area contributed by atoms with E-state index in [9.17, 15) is 4.79 Å². The molecule has 27 heavy (non-hydrogen) atoms. The molecule has 0 spiro atoms. The number of rotatable bonds is 3. The first-order valence-electron chi connectivity index (χ1n) is 8.50. The fourth-order valence-corrected chi connectivity index (χ4v) is 3.14. The molecule has 5 rings (SSSR count). The Hall–Kier alpha value is -3.80. The summed E-state index contributed by atoms with van der Waals surface area (Å²) in [5, 5.41) is 1.54. The highest BCUT2D eigenvalue weighted by Gasteiger charge is 2.06. The third kappa shape index (κ3) is 2.77. The zero-order valence-electron chi connectivity index (χ0n) is 14.2. The minimum atomic E-state index is -0.0684. The van der Waals surface area contributed by atoms with Gasteiger partial charge in [0.05, 0.1) is 36.2 Å². The van der Waals surface area contributed by atoms with Crippen LogP contribution in [0.5, 0.6) is 0 Å². The third-order valence-corrected chi connectivity index (χ3v) is 4.57. The van der Waals surface area contributed by atoms with Crippen LogP contribution in [0.3, 0.4) is 0 Å². The molecule has 0 fully saturated rings. The van der Waals surface area contributed by atoms with E-state index in [-0.39, 0.29) is 5.56 Å². The third-order valence-electron chi connectivity index (χ3n) is 4.57. The number of pyridine rings is 2. The Kier molecular flexibility index (Phi) is 3.53. The number of furan rings is 1. The van der Waals surface area contributed by atoms with Crippen LogP contribution < -0.4 is 5.56 Å². The molecule has 0 saturated carbocycles. The second-order valence-corrected chi connectivity index (χ2v) is 6.31. The second-order valence-electron chi connectivity index (χ2n) is 6.31. The fourth-order valence-electron chi connectivity index (χ4n) is 3.14. The summed E-state index contributed by atoms with van der Waals surface area (Å²) in [5.74, 6) is 0. The summed E-state index contributed by atoms with van der Waals surface area (Å²) in [6, 6.07) is 13.7. The van der Waals surface area contributed by atoms with Gasteiger partial charge in [0, 0.05) is 23.3 Å². The molecule has 1 aromatic carbocycles. The Bertz CT molecular complexity index is 1320. The first-order chi connectivity index (χ1) is 13.3. The van der Waals surface area contributed by atoms with Crippen LogP contribution in [0.25, 0.3) is 33.1 Å². The van der Waals surface area contributed by atoms with Gasteiger partial charge in [-0.3, -0.25) is 14.3 Å². The van der Waals surface area contributed by atoms with Crippen LogP contribution in [0.1, 0.15) is 5.56 Å². The van der Waals surface area contributed by atoms with E-state index in [4.69, 9.17) is 4.42 Å². The SMILES string of the molecule is O=c1c2ccncc2ncn1Cc1ccc(-c2cnc3occc3c2)cc1. The standard InChI is InChI=1S/C21H14N4O2/c26-21-18-5-7-22-11-19(18)24-13-25(21)12-14-1-3-15(4-2-14)17-9-16-6-8-27-20(16)23-10-17/h1-11,13H,12H2. The van der Waals surface area contributed by atoms with Crippen molar-refractivity contribution in [2.24, 2.45) is 0 Å². The van der Waals surface area contributed by atoms with Crippen LogP contribution in [-0.4, -0.2) is 19.5 Å². The number of aromatic nitrogens is 4. The zero-order chi connectivity index (χ0) is 18.2. The molecular weight excluding hydrogens is 340 g/mol. The Morgan fingerprint density at radius 3 is 2.74 bits per heavy atom. The van der Waals surface area contributed by atoms with E-state index in [1.54, 1.807) is 41.8 Å². The van der Waals surface area contributed by atoms with E-state index < -0.39 is 0 Å². The summed E-state index contributed by atoms with van der Waals surface area (Å²) in [6.45, 7) is 0.462. The molecule has 130 valence electrons. The van der Waals surface area contributed by atoms with Crippen molar-refractivity contribution >= 4 is 22.0 Å². The molecule has 0 atom stereocenters. The average molecular weight is 354 g/mol. The number of hydrogen-bond donors (Lipinski definition) is 0. The summed E-state index contributed by atoms with van der Waals surface area (Å²) >= 11 is 0. The minimum Gasteiger partial charge on any atom is -0.446 e.